The zero-order valence-corrected chi connectivity index (χ0v) is 12.4. The second-order valence-electron chi connectivity index (χ2n) is 4.97. The molecule has 2 aromatic rings. The van der Waals surface area contributed by atoms with Crippen molar-refractivity contribution in [2.45, 2.75) is 19.8 Å². The molecule has 1 unspecified atom stereocenters. The summed E-state index contributed by atoms with van der Waals surface area (Å²) < 4.78 is 0. The molecule has 0 spiro atoms. The number of benzene rings is 1. The summed E-state index contributed by atoms with van der Waals surface area (Å²) in [4.78, 5) is 10.8. The van der Waals surface area contributed by atoms with Gasteiger partial charge in [-0.15, -0.1) is 0 Å². The third kappa shape index (κ3) is 2.61. The van der Waals surface area contributed by atoms with Crippen LogP contribution in [0.25, 0.3) is 0 Å². The Morgan fingerprint density at radius 2 is 2.05 bits per heavy atom. The molecule has 1 aromatic carbocycles. The van der Waals surface area contributed by atoms with Gasteiger partial charge in [0.15, 0.2) is 17.9 Å². The molecule has 1 aliphatic rings. The number of nitrogens with zero attached hydrogens (tertiary/aromatic N) is 3. The van der Waals surface area contributed by atoms with E-state index in [4.69, 9.17) is 11.6 Å². The minimum absolute atomic E-state index is 0.235. The molecular weight excluding hydrogens is 280 g/mol. The van der Waals surface area contributed by atoms with Gasteiger partial charge in [-0.2, -0.15) is 9.97 Å². The lowest BCUT2D eigenvalue weighted by Gasteiger charge is -2.23. The molecule has 0 amide bonds. The molecule has 2 heterocycles. The van der Waals surface area contributed by atoms with Gasteiger partial charge in [-0.25, -0.2) is 5.43 Å². The van der Waals surface area contributed by atoms with Gasteiger partial charge in [0.25, 0.3) is 0 Å². The molecule has 0 bridgehead atoms. The van der Waals surface area contributed by atoms with E-state index in [9.17, 15) is 0 Å². The number of aromatic nitrogens is 2. The van der Waals surface area contributed by atoms with Crippen molar-refractivity contribution in [3.05, 3.63) is 35.9 Å². The van der Waals surface area contributed by atoms with Crippen molar-refractivity contribution < 1.29 is 0 Å². The Morgan fingerprint density at radius 1 is 1.27 bits per heavy atom. The van der Waals surface area contributed by atoms with Crippen LogP contribution in [0.2, 0.25) is 0 Å². The molecule has 116 valence electrons. The summed E-state index contributed by atoms with van der Waals surface area (Å²) in [5, 5.41) is 6.37. The Balaban J connectivity index is 1.82. The van der Waals surface area contributed by atoms with E-state index in [-0.39, 0.29) is 6.29 Å². The fourth-order valence-electron chi connectivity index (χ4n) is 2.47. The highest BCUT2D eigenvalue weighted by molar-refractivity contribution is 5.82. The summed E-state index contributed by atoms with van der Waals surface area (Å²) in [5.74, 6) is 7.19. The number of rotatable bonds is 5. The molecule has 8 heteroatoms. The number of fused-ring (bicyclic) bond motifs is 1. The zero-order valence-electron chi connectivity index (χ0n) is 12.4. The molecule has 1 atom stereocenters. The van der Waals surface area contributed by atoms with E-state index < -0.39 is 0 Å². The summed E-state index contributed by atoms with van der Waals surface area (Å²) in [5.41, 5.74) is 10.6. The van der Waals surface area contributed by atoms with Gasteiger partial charge in [-0.1, -0.05) is 30.3 Å². The molecule has 1 aliphatic heterocycles. The first-order chi connectivity index (χ1) is 10.7. The van der Waals surface area contributed by atoms with Crippen LogP contribution in [0.1, 0.15) is 12.5 Å². The average molecular weight is 300 g/mol. The number of anilines is 4. The Bertz CT molecular complexity index is 645. The molecule has 1 aromatic heterocycles. The number of nitrogen functional groups attached to an aromatic ring is 1. The van der Waals surface area contributed by atoms with Crippen LogP contribution in [0.15, 0.2) is 30.3 Å². The Labute approximate surface area is 128 Å². The van der Waals surface area contributed by atoms with Crippen LogP contribution in [-0.4, -0.2) is 22.8 Å². The Kier molecular flexibility index (Phi) is 3.94. The van der Waals surface area contributed by atoms with Gasteiger partial charge >= 0.3 is 0 Å². The monoisotopic (exact) mass is 300 g/mol. The highest BCUT2D eigenvalue weighted by Gasteiger charge is 2.31. The Hall–Kier alpha value is -2.58. The molecular formula is C14H20N8. The topological polar surface area (TPSA) is 117 Å². The second-order valence-corrected chi connectivity index (χ2v) is 4.97. The first-order valence-electron chi connectivity index (χ1n) is 7.17. The first-order valence-corrected chi connectivity index (χ1v) is 7.17. The maximum Gasteiger partial charge on any atom is 0.227 e. The van der Waals surface area contributed by atoms with Crippen molar-refractivity contribution in [3.63, 3.8) is 0 Å². The minimum atomic E-state index is -0.235. The molecule has 3 rings (SSSR count). The molecule has 0 aliphatic carbocycles. The fourth-order valence-corrected chi connectivity index (χ4v) is 2.47. The van der Waals surface area contributed by atoms with Gasteiger partial charge in [-0.3, -0.25) is 5.84 Å². The SMILES string of the molecule is CCN1c2nc(NCc3ccccc3)nc(N)c2NC1NN. The molecule has 8 nitrogen and oxygen atoms in total. The van der Waals surface area contributed by atoms with Crippen LogP contribution in [0, 0.1) is 0 Å². The summed E-state index contributed by atoms with van der Waals surface area (Å²) in [6.07, 6.45) is -0.235. The smallest absolute Gasteiger partial charge is 0.227 e. The maximum absolute atomic E-state index is 6.03. The van der Waals surface area contributed by atoms with E-state index in [1.54, 1.807) is 0 Å². The van der Waals surface area contributed by atoms with Gasteiger partial charge in [0, 0.05) is 13.1 Å². The predicted molar refractivity (Wildman–Crippen MR) is 88.0 cm³/mol. The van der Waals surface area contributed by atoms with Crippen molar-refractivity contribution in [2.24, 2.45) is 5.84 Å². The number of hydrogen-bond donors (Lipinski definition) is 5. The highest BCUT2D eigenvalue weighted by atomic mass is 15.5. The molecule has 22 heavy (non-hydrogen) atoms. The van der Waals surface area contributed by atoms with Crippen LogP contribution in [0.3, 0.4) is 0 Å². The van der Waals surface area contributed by atoms with Crippen LogP contribution < -0.4 is 32.5 Å². The molecule has 0 saturated heterocycles. The van der Waals surface area contributed by atoms with Crippen LogP contribution in [-0.2, 0) is 6.54 Å². The molecule has 0 saturated carbocycles. The quantitative estimate of drug-likeness (QED) is 0.404. The number of hydrazine groups is 1. The van der Waals surface area contributed by atoms with E-state index >= 15 is 0 Å². The van der Waals surface area contributed by atoms with Crippen molar-refractivity contribution in [1.82, 2.24) is 15.4 Å². The van der Waals surface area contributed by atoms with Gasteiger partial charge in [0.1, 0.15) is 5.69 Å². The lowest BCUT2D eigenvalue weighted by molar-refractivity contribution is 0.567. The standard InChI is InChI=1S/C14H20N8/c1-2-22-12-10(18-14(22)21-16)11(15)19-13(20-12)17-8-9-6-4-3-5-7-9/h3-7,14,18,21H,2,8,16H2,1H3,(H3,15,17,19,20). The predicted octanol–water partition coefficient (Wildman–Crippen LogP) is 0.670. The largest absolute Gasteiger partial charge is 0.382 e. The summed E-state index contributed by atoms with van der Waals surface area (Å²) >= 11 is 0. The summed E-state index contributed by atoms with van der Waals surface area (Å²) in [6.45, 7) is 3.40. The minimum Gasteiger partial charge on any atom is -0.382 e. The highest BCUT2D eigenvalue weighted by Crippen LogP contribution is 2.36. The van der Waals surface area contributed by atoms with Crippen LogP contribution in [0.4, 0.5) is 23.3 Å². The number of nitrogens with two attached hydrogens (primary N) is 2. The molecule has 0 radical (unpaired) electrons. The van der Waals surface area contributed by atoms with E-state index in [1.807, 2.05) is 42.2 Å². The maximum atomic E-state index is 6.03. The lowest BCUT2D eigenvalue weighted by atomic mass is 10.2. The second kappa shape index (κ2) is 6.04. The number of nitrogens with one attached hydrogen (secondary N) is 3. The summed E-state index contributed by atoms with van der Waals surface area (Å²) in [7, 11) is 0. The zero-order chi connectivity index (χ0) is 15.5. The first kappa shape index (κ1) is 14.4. The van der Waals surface area contributed by atoms with Crippen molar-refractivity contribution in [1.29, 1.82) is 0 Å². The van der Waals surface area contributed by atoms with Crippen LogP contribution in [0.5, 0.6) is 0 Å². The molecule has 7 N–H and O–H groups in total. The van der Waals surface area contributed by atoms with E-state index in [2.05, 4.69) is 26.0 Å². The lowest BCUT2D eigenvalue weighted by Crippen LogP contribution is -2.50. The third-order valence-corrected chi connectivity index (χ3v) is 3.57. The average Bonchev–Trinajstić information content (AvgIpc) is 2.92. The van der Waals surface area contributed by atoms with E-state index in [0.29, 0.717) is 24.0 Å². The van der Waals surface area contributed by atoms with Crippen molar-refractivity contribution in [2.75, 3.05) is 27.8 Å². The van der Waals surface area contributed by atoms with Gasteiger partial charge in [0.05, 0.1) is 0 Å². The molecule has 0 fully saturated rings. The van der Waals surface area contributed by atoms with Crippen molar-refractivity contribution >= 4 is 23.3 Å². The number of hydrogen-bond acceptors (Lipinski definition) is 8. The van der Waals surface area contributed by atoms with E-state index in [0.717, 1.165) is 17.9 Å². The normalized spacial score (nSPS) is 16.3. The van der Waals surface area contributed by atoms with Crippen molar-refractivity contribution in [3.8, 4) is 0 Å². The van der Waals surface area contributed by atoms with Crippen LogP contribution >= 0.6 is 0 Å². The van der Waals surface area contributed by atoms with Gasteiger partial charge < -0.3 is 21.3 Å². The van der Waals surface area contributed by atoms with Gasteiger partial charge in [0.2, 0.25) is 5.95 Å². The van der Waals surface area contributed by atoms with Gasteiger partial charge in [-0.05, 0) is 12.5 Å². The fraction of sp³-hybridized carbons (Fsp3) is 0.286. The third-order valence-electron chi connectivity index (χ3n) is 3.57. The summed E-state index contributed by atoms with van der Waals surface area (Å²) in [6, 6.07) is 10.1. The Morgan fingerprint density at radius 3 is 2.73 bits per heavy atom. The van der Waals surface area contributed by atoms with E-state index in [1.165, 1.54) is 0 Å².